The molecule has 2 N–H and O–H groups in total. The minimum atomic E-state index is -0.450. The van der Waals surface area contributed by atoms with Gasteiger partial charge >= 0.3 is 0 Å². The Kier molecular flexibility index (Phi) is 6.18. The second kappa shape index (κ2) is 8.96. The van der Waals surface area contributed by atoms with Crippen molar-refractivity contribution in [1.82, 2.24) is 20.1 Å². The summed E-state index contributed by atoms with van der Waals surface area (Å²) < 4.78 is 5.86. The second-order valence-electron chi connectivity index (χ2n) is 10.6. The van der Waals surface area contributed by atoms with Crippen LogP contribution in [0.3, 0.4) is 0 Å². The molecule has 1 aromatic heterocycles. The molecule has 1 unspecified atom stereocenters. The van der Waals surface area contributed by atoms with Crippen LogP contribution < -0.4 is 5.32 Å². The highest BCUT2D eigenvalue weighted by Crippen LogP contribution is 2.49. The first-order valence-electron chi connectivity index (χ1n) is 12.4. The number of pyridine rings is 1. The van der Waals surface area contributed by atoms with Crippen molar-refractivity contribution in [1.29, 1.82) is 0 Å². The summed E-state index contributed by atoms with van der Waals surface area (Å²) in [5, 5.41) is 12.9. The predicted molar refractivity (Wildman–Crippen MR) is 122 cm³/mol. The lowest BCUT2D eigenvalue weighted by Crippen LogP contribution is -2.62. The van der Waals surface area contributed by atoms with Gasteiger partial charge in [0.15, 0.2) is 0 Å². The Bertz CT molecular complexity index is 914. The van der Waals surface area contributed by atoms with Gasteiger partial charge in [-0.1, -0.05) is 6.07 Å². The zero-order valence-corrected chi connectivity index (χ0v) is 19.8. The smallest absolute Gasteiger partial charge is 0.242 e. The van der Waals surface area contributed by atoms with Crippen molar-refractivity contribution in [3.63, 3.8) is 0 Å². The maximum atomic E-state index is 13.5. The molecule has 0 bridgehead atoms. The first-order chi connectivity index (χ1) is 15.9. The average molecular weight is 457 g/mol. The van der Waals surface area contributed by atoms with Crippen LogP contribution in [0.4, 0.5) is 0 Å². The number of nitrogens with zero attached hydrogens (tertiary/aromatic N) is 3. The number of fused-ring (bicyclic) bond motifs is 1. The van der Waals surface area contributed by atoms with Crippen molar-refractivity contribution in [3.8, 4) is 0 Å². The van der Waals surface area contributed by atoms with Gasteiger partial charge in [-0.15, -0.1) is 0 Å². The van der Waals surface area contributed by atoms with Crippen LogP contribution >= 0.6 is 0 Å². The Morgan fingerprint density at radius 3 is 2.67 bits per heavy atom. The van der Waals surface area contributed by atoms with Crippen LogP contribution in [0.25, 0.3) is 0 Å². The van der Waals surface area contributed by atoms with E-state index >= 15 is 0 Å². The maximum Gasteiger partial charge on any atom is 0.242 e. The molecule has 3 heterocycles. The van der Waals surface area contributed by atoms with Crippen LogP contribution in [-0.2, 0) is 14.3 Å². The van der Waals surface area contributed by atoms with E-state index in [9.17, 15) is 14.7 Å². The fraction of sp³-hybridized carbons (Fsp3) is 0.720. The first kappa shape index (κ1) is 22.7. The van der Waals surface area contributed by atoms with E-state index in [1.807, 2.05) is 24.9 Å². The minimum absolute atomic E-state index is 0.00888. The third-order valence-corrected chi connectivity index (χ3v) is 8.10. The predicted octanol–water partition coefficient (Wildman–Crippen LogP) is 1.34. The Labute approximate surface area is 195 Å². The van der Waals surface area contributed by atoms with E-state index in [4.69, 9.17) is 4.74 Å². The van der Waals surface area contributed by atoms with Gasteiger partial charge in [0.05, 0.1) is 25.3 Å². The Morgan fingerprint density at radius 2 is 2.00 bits per heavy atom. The summed E-state index contributed by atoms with van der Waals surface area (Å²) in [7, 11) is 0. The maximum absolute atomic E-state index is 13.5. The lowest BCUT2D eigenvalue weighted by molar-refractivity contribution is -0.141. The highest BCUT2D eigenvalue weighted by Gasteiger charge is 2.50. The van der Waals surface area contributed by atoms with Crippen LogP contribution in [0.2, 0.25) is 0 Å². The summed E-state index contributed by atoms with van der Waals surface area (Å²) in [6.45, 7) is 6.97. The van der Waals surface area contributed by atoms with Crippen LogP contribution in [0.5, 0.6) is 0 Å². The number of nitrogens with one attached hydrogen (secondary N) is 1. The number of amides is 2. The summed E-state index contributed by atoms with van der Waals surface area (Å²) >= 11 is 0. The van der Waals surface area contributed by atoms with Gasteiger partial charge in [0.25, 0.3) is 0 Å². The fourth-order valence-corrected chi connectivity index (χ4v) is 5.29. The van der Waals surface area contributed by atoms with Crippen molar-refractivity contribution in [2.75, 3.05) is 39.5 Å². The topological polar surface area (TPSA) is 95.0 Å². The number of hydrogen-bond donors (Lipinski definition) is 2. The molecule has 0 aromatic carbocycles. The van der Waals surface area contributed by atoms with E-state index in [1.165, 1.54) is 12.8 Å². The van der Waals surface area contributed by atoms with Crippen molar-refractivity contribution in [2.24, 2.45) is 11.3 Å². The molecule has 3 atom stereocenters. The van der Waals surface area contributed by atoms with Crippen LogP contribution in [-0.4, -0.2) is 83.2 Å². The molecule has 5 rings (SSSR count). The standard InChI is InChI=1S/C25H36N4O4/c1-16-9-19(12-26-17(16)2)23(24(32)27-11-18-3-4-18)29-8-7-28(20-13-33-14-21(20)29)22(31)10-25(15-30)5-6-25/h9,12,18,20-21,23,30H,3-8,10-11,13-15H2,1-2H3,(H,27,32)/t20-,21+,23?/m0/s1. The molecule has 180 valence electrons. The summed E-state index contributed by atoms with van der Waals surface area (Å²) in [6.07, 6.45) is 6.43. The molecule has 1 aromatic rings. The molecule has 4 fully saturated rings. The average Bonchev–Trinajstić information content (AvgIpc) is 3.73. The lowest BCUT2D eigenvalue weighted by Gasteiger charge is -2.46. The quantitative estimate of drug-likeness (QED) is 0.613. The molecule has 33 heavy (non-hydrogen) atoms. The molecule has 2 aliphatic carbocycles. The van der Waals surface area contributed by atoms with Gasteiger partial charge in [-0.3, -0.25) is 19.5 Å². The van der Waals surface area contributed by atoms with E-state index in [1.54, 1.807) is 0 Å². The number of piperazine rings is 1. The molecule has 8 nitrogen and oxygen atoms in total. The number of hydrogen-bond acceptors (Lipinski definition) is 6. The van der Waals surface area contributed by atoms with Crippen molar-refractivity contribution in [2.45, 2.75) is 64.1 Å². The fourth-order valence-electron chi connectivity index (χ4n) is 5.29. The van der Waals surface area contributed by atoms with Gasteiger partial charge in [0, 0.05) is 50.0 Å². The zero-order valence-electron chi connectivity index (χ0n) is 19.8. The van der Waals surface area contributed by atoms with E-state index < -0.39 is 6.04 Å². The highest BCUT2D eigenvalue weighted by atomic mass is 16.5. The molecular weight excluding hydrogens is 420 g/mol. The molecule has 2 saturated heterocycles. The molecule has 0 spiro atoms. The molecule has 4 aliphatic rings. The van der Waals surface area contributed by atoms with Crippen LogP contribution in [0, 0.1) is 25.2 Å². The normalized spacial score (nSPS) is 27.2. The number of aliphatic hydroxyl groups excluding tert-OH is 1. The van der Waals surface area contributed by atoms with E-state index in [-0.39, 0.29) is 35.9 Å². The van der Waals surface area contributed by atoms with Crippen LogP contribution in [0.15, 0.2) is 12.3 Å². The van der Waals surface area contributed by atoms with Gasteiger partial charge in [-0.2, -0.15) is 0 Å². The number of aliphatic hydroxyl groups is 1. The van der Waals surface area contributed by atoms with Gasteiger partial charge in [-0.05, 0) is 56.6 Å². The molecule has 2 saturated carbocycles. The Morgan fingerprint density at radius 1 is 1.24 bits per heavy atom. The summed E-state index contributed by atoms with van der Waals surface area (Å²) in [6, 6.07) is 1.52. The lowest BCUT2D eigenvalue weighted by atomic mass is 9.95. The number of aromatic nitrogens is 1. The summed E-state index contributed by atoms with van der Waals surface area (Å²) in [5.74, 6) is 0.713. The summed E-state index contributed by atoms with van der Waals surface area (Å²) in [4.78, 5) is 35.4. The Hall–Kier alpha value is -2.03. The molecule has 0 radical (unpaired) electrons. The number of carbonyl (C=O) groups excluding carboxylic acids is 2. The third kappa shape index (κ3) is 4.66. The van der Waals surface area contributed by atoms with Crippen molar-refractivity contribution in [3.05, 3.63) is 29.1 Å². The minimum Gasteiger partial charge on any atom is -0.396 e. The molecular formula is C25H36N4O4. The van der Waals surface area contributed by atoms with Gasteiger partial charge in [-0.25, -0.2) is 0 Å². The largest absolute Gasteiger partial charge is 0.396 e. The van der Waals surface area contributed by atoms with E-state index in [2.05, 4.69) is 21.3 Å². The second-order valence-corrected chi connectivity index (χ2v) is 10.6. The zero-order chi connectivity index (χ0) is 23.2. The van der Waals surface area contributed by atoms with E-state index in [0.717, 1.165) is 36.2 Å². The summed E-state index contributed by atoms with van der Waals surface area (Å²) in [5.41, 5.74) is 2.72. The Balaban J connectivity index is 1.37. The monoisotopic (exact) mass is 456 g/mol. The molecule has 8 heteroatoms. The van der Waals surface area contributed by atoms with Gasteiger partial charge < -0.3 is 20.1 Å². The SMILES string of the molecule is Cc1cc(C(C(=O)NCC2CC2)N2CCN(C(=O)CC3(CO)CC3)[C@H]3COC[C@H]32)cnc1C. The number of aryl methyl sites for hydroxylation is 2. The third-order valence-electron chi connectivity index (χ3n) is 8.10. The van der Waals surface area contributed by atoms with E-state index in [0.29, 0.717) is 38.6 Å². The molecule has 2 amide bonds. The number of rotatable bonds is 8. The van der Waals surface area contributed by atoms with Gasteiger partial charge in [0.2, 0.25) is 11.8 Å². The van der Waals surface area contributed by atoms with Crippen molar-refractivity contribution >= 4 is 11.8 Å². The van der Waals surface area contributed by atoms with Gasteiger partial charge in [0.1, 0.15) is 6.04 Å². The van der Waals surface area contributed by atoms with Crippen LogP contribution in [0.1, 0.15) is 55.0 Å². The first-order valence-corrected chi connectivity index (χ1v) is 12.4. The van der Waals surface area contributed by atoms with Crippen molar-refractivity contribution < 1.29 is 19.4 Å². The molecule has 2 aliphatic heterocycles. The highest BCUT2D eigenvalue weighted by molar-refractivity contribution is 5.83. The number of carbonyl (C=O) groups is 2. The number of ether oxygens (including phenoxy) is 1.